The molecule has 0 bridgehead atoms. The number of anilines is 1. The molecule has 0 unspecified atom stereocenters. The van der Waals surface area contributed by atoms with E-state index >= 15 is 0 Å². The summed E-state index contributed by atoms with van der Waals surface area (Å²) < 4.78 is 6.74. The van der Waals surface area contributed by atoms with Crippen LogP contribution in [0.25, 0.3) is 10.9 Å². The van der Waals surface area contributed by atoms with Crippen LogP contribution in [0, 0.1) is 5.92 Å². The Kier molecular flexibility index (Phi) is 9.17. The Labute approximate surface area is 229 Å². The van der Waals surface area contributed by atoms with Gasteiger partial charge in [0.2, 0.25) is 5.91 Å². The van der Waals surface area contributed by atoms with Gasteiger partial charge in [0, 0.05) is 35.9 Å². The number of Topliss-reactive ketones (excluding diaryl/α,β-unsaturated/α-hetero) is 1. The summed E-state index contributed by atoms with van der Waals surface area (Å²) in [5.41, 5.74) is 2.26. The second-order valence-electron chi connectivity index (χ2n) is 10.1. The highest BCUT2D eigenvalue weighted by molar-refractivity contribution is 6.45. The summed E-state index contributed by atoms with van der Waals surface area (Å²) >= 11 is 0. The lowest BCUT2D eigenvalue weighted by Gasteiger charge is -2.21. The first-order chi connectivity index (χ1) is 18.9. The number of fused-ring (bicyclic) bond motifs is 1. The van der Waals surface area contributed by atoms with Crippen molar-refractivity contribution in [3.05, 3.63) is 65.9 Å². The molecule has 0 saturated heterocycles. The number of nitrogens with zero attached hydrogens (tertiary/aromatic N) is 2. The fourth-order valence-corrected chi connectivity index (χ4v) is 4.94. The highest BCUT2D eigenvalue weighted by Gasteiger charge is 2.31. The van der Waals surface area contributed by atoms with Crippen LogP contribution in [0.1, 0.15) is 68.3 Å². The van der Waals surface area contributed by atoms with Gasteiger partial charge in [-0.15, -0.1) is 0 Å². The van der Waals surface area contributed by atoms with Gasteiger partial charge in [0.15, 0.2) is 0 Å². The van der Waals surface area contributed by atoms with Crippen molar-refractivity contribution in [3.8, 4) is 0 Å². The number of carbonyl (C=O) groups excluding carboxylic acids is 4. The van der Waals surface area contributed by atoms with Gasteiger partial charge in [-0.05, 0) is 62.3 Å². The zero-order chi connectivity index (χ0) is 27.9. The van der Waals surface area contributed by atoms with Crippen LogP contribution in [0.3, 0.4) is 0 Å². The van der Waals surface area contributed by atoms with Crippen LogP contribution >= 0.6 is 0 Å². The molecule has 8 heteroatoms. The summed E-state index contributed by atoms with van der Waals surface area (Å²) in [5, 5.41) is 3.49. The Hall–Kier alpha value is -3.94. The number of ether oxygens (including phenoxy) is 1. The number of benzene rings is 2. The third-order valence-corrected chi connectivity index (χ3v) is 7.08. The molecule has 1 atom stereocenters. The van der Waals surface area contributed by atoms with E-state index in [1.807, 2.05) is 44.2 Å². The van der Waals surface area contributed by atoms with Crippen LogP contribution in [0.4, 0.5) is 5.69 Å². The Morgan fingerprint density at radius 3 is 2.44 bits per heavy atom. The van der Waals surface area contributed by atoms with Gasteiger partial charge in [-0.2, -0.15) is 0 Å². The maximum Gasteiger partial charge on any atom is 0.325 e. The Bertz CT molecular complexity index is 1340. The first-order valence-electron chi connectivity index (χ1n) is 13.8. The summed E-state index contributed by atoms with van der Waals surface area (Å²) in [4.78, 5) is 54.0. The van der Waals surface area contributed by atoms with E-state index in [0.29, 0.717) is 42.0 Å². The average molecular weight is 532 g/mol. The van der Waals surface area contributed by atoms with Crippen molar-refractivity contribution in [2.75, 3.05) is 25.0 Å². The van der Waals surface area contributed by atoms with E-state index in [0.717, 1.165) is 24.8 Å². The van der Waals surface area contributed by atoms with E-state index in [-0.39, 0.29) is 30.5 Å². The number of carbonyl (C=O) groups is 4. The molecule has 1 heterocycles. The third kappa shape index (κ3) is 6.74. The molecule has 1 N–H and O–H groups in total. The standard InChI is InChI=1S/C31H37N3O5/c1-4-16-33(18-21-12-13-21)31(38)29(36)26-19-34(20-28(35)39-6-3)27-15-14-23(17-25(26)27)32-30(37)24(5-2)22-10-8-7-9-11-22/h7-11,14-15,17,19,21,24H,4-6,12-13,16,18,20H2,1-3H3,(H,32,37)/t24-/m1/s1. The number of amides is 2. The van der Waals surface area contributed by atoms with Crippen molar-refractivity contribution < 1.29 is 23.9 Å². The van der Waals surface area contributed by atoms with Crippen LogP contribution in [0.2, 0.25) is 0 Å². The van der Waals surface area contributed by atoms with Crippen molar-refractivity contribution >= 4 is 40.2 Å². The van der Waals surface area contributed by atoms with Crippen LogP contribution in [-0.2, 0) is 25.7 Å². The monoisotopic (exact) mass is 531 g/mol. The van der Waals surface area contributed by atoms with Crippen molar-refractivity contribution in [1.29, 1.82) is 0 Å². The molecule has 0 radical (unpaired) electrons. The summed E-state index contributed by atoms with van der Waals surface area (Å²) in [5.74, 6) is -1.62. The van der Waals surface area contributed by atoms with Crippen molar-refractivity contribution in [2.45, 2.75) is 58.9 Å². The lowest BCUT2D eigenvalue weighted by molar-refractivity contribution is -0.143. The number of nitrogens with one attached hydrogen (secondary N) is 1. The van der Waals surface area contributed by atoms with Gasteiger partial charge in [0.1, 0.15) is 6.54 Å². The predicted molar refractivity (Wildman–Crippen MR) is 151 cm³/mol. The summed E-state index contributed by atoms with van der Waals surface area (Å²) in [7, 11) is 0. The second-order valence-corrected chi connectivity index (χ2v) is 10.1. The fraction of sp³-hybridized carbons (Fsp3) is 0.419. The first kappa shape index (κ1) is 28.1. The molecule has 1 fully saturated rings. The van der Waals surface area contributed by atoms with Crippen molar-refractivity contribution in [3.63, 3.8) is 0 Å². The number of rotatable bonds is 13. The van der Waals surface area contributed by atoms with E-state index in [1.54, 1.807) is 40.8 Å². The number of hydrogen-bond donors (Lipinski definition) is 1. The molecule has 0 aliphatic heterocycles. The minimum atomic E-state index is -0.615. The minimum Gasteiger partial charge on any atom is -0.465 e. The van der Waals surface area contributed by atoms with E-state index in [9.17, 15) is 19.2 Å². The zero-order valence-corrected chi connectivity index (χ0v) is 22.9. The molecule has 2 aromatic carbocycles. The maximum atomic E-state index is 13.6. The van der Waals surface area contributed by atoms with Gasteiger partial charge in [-0.1, -0.05) is 44.2 Å². The summed E-state index contributed by atoms with van der Waals surface area (Å²) in [6, 6.07) is 14.8. The number of ketones is 1. The van der Waals surface area contributed by atoms with Crippen LogP contribution in [-0.4, -0.2) is 52.7 Å². The first-order valence-corrected chi connectivity index (χ1v) is 13.8. The molecule has 4 rings (SSSR count). The molecule has 1 aliphatic carbocycles. The fourth-order valence-electron chi connectivity index (χ4n) is 4.94. The molecular weight excluding hydrogens is 494 g/mol. The van der Waals surface area contributed by atoms with Crippen molar-refractivity contribution in [1.82, 2.24) is 9.47 Å². The molecule has 2 amide bonds. The van der Waals surface area contributed by atoms with Gasteiger partial charge >= 0.3 is 5.97 Å². The van der Waals surface area contributed by atoms with Gasteiger partial charge < -0.3 is 19.5 Å². The number of aromatic nitrogens is 1. The van der Waals surface area contributed by atoms with Crippen LogP contribution in [0.5, 0.6) is 0 Å². The summed E-state index contributed by atoms with van der Waals surface area (Å²) in [6.07, 6.45) is 5.08. The minimum absolute atomic E-state index is 0.0931. The Morgan fingerprint density at radius 1 is 1.05 bits per heavy atom. The molecule has 1 saturated carbocycles. The molecule has 8 nitrogen and oxygen atoms in total. The Balaban J connectivity index is 1.67. The summed E-state index contributed by atoms with van der Waals surface area (Å²) in [6.45, 7) is 6.92. The van der Waals surface area contributed by atoms with E-state index in [1.165, 1.54) is 0 Å². The number of esters is 1. The molecule has 3 aromatic rings. The van der Waals surface area contributed by atoms with Gasteiger partial charge in [-0.3, -0.25) is 19.2 Å². The van der Waals surface area contributed by atoms with Crippen LogP contribution in [0.15, 0.2) is 54.7 Å². The molecule has 1 aliphatic rings. The smallest absolute Gasteiger partial charge is 0.325 e. The molecular formula is C31H37N3O5. The van der Waals surface area contributed by atoms with Crippen molar-refractivity contribution in [2.24, 2.45) is 5.92 Å². The SMILES string of the molecule is CCCN(CC1CC1)C(=O)C(=O)c1cn(CC(=O)OCC)c2ccc(NC(=O)[C@H](CC)c3ccccc3)cc12. The molecule has 206 valence electrons. The quantitative estimate of drug-likeness (QED) is 0.186. The van der Waals surface area contributed by atoms with Gasteiger partial charge in [0.05, 0.1) is 18.1 Å². The zero-order valence-electron chi connectivity index (χ0n) is 22.9. The molecule has 1 aromatic heterocycles. The van der Waals surface area contributed by atoms with E-state index in [2.05, 4.69) is 5.32 Å². The Morgan fingerprint density at radius 2 is 1.79 bits per heavy atom. The second kappa shape index (κ2) is 12.7. The van der Waals surface area contributed by atoms with Gasteiger partial charge in [0.25, 0.3) is 11.7 Å². The molecule has 0 spiro atoms. The predicted octanol–water partition coefficient (Wildman–Crippen LogP) is 5.17. The average Bonchev–Trinajstić information content (AvgIpc) is 3.69. The van der Waals surface area contributed by atoms with E-state index in [4.69, 9.17) is 4.74 Å². The lowest BCUT2D eigenvalue weighted by Crippen LogP contribution is -2.38. The largest absolute Gasteiger partial charge is 0.465 e. The van der Waals surface area contributed by atoms with Crippen LogP contribution < -0.4 is 5.32 Å². The number of hydrogen-bond acceptors (Lipinski definition) is 5. The maximum absolute atomic E-state index is 13.6. The lowest BCUT2D eigenvalue weighted by atomic mass is 9.95. The van der Waals surface area contributed by atoms with E-state index < -0.39 is 17.7 Å². The highest BCUT2D eigenvalue weighted by Crippen LogP contribution is 2.31. The highest BCUT2D eigenvalue weighted by atomic mass is 16.5. The topological polar surface area (TPSA) is 97.7 Å². The van der Waals surface area contributed by atoms with Gasteiger partial charge in [-0.25, -0.2) is 0 Å². The third-order valence-electron chi connectivity index (χ3n) is 7.08. The normalized spacial score (nSPS) is 13.6. The molecule has 39 heavy (non-hydrogen) atoms.